The number of hydrogen-bond donors (Lipinski definition) is 2. The number of nitriles is 1. The van der Waals surface area contributed by atoms with Crippen molar-refractivity contribution in [3.8, 4) is 6.07 Å². The summed E-state index contributed by atoms with van der Waals surface area (Å²) in [5.74, 6) is -1.84. The number of hydrogen-bond acceptors (Lipinski definition) is 9. The second-order valence-electron chi connectivity index (χ2n) is 7.40. The maximum atomic E-state index is 12.7. The molecule has 1 atom stereocenters. The monoisotopic (exact) mass is 466 g/mol. The molecule has 1 heterocycles. The highest BCUT2D eigenvalue weighted by Gasteiger charge is 2.43. The lowest BCUT2D eigenvalue weighted by Crippen LogP contribution is -2.42. The molecule has 3 rings (SSSR count). The van der Waals surface area contributed by atoms with Crippen molar-refractivity contribution < 1.29 is 28.7 Å². The Labute approximate surface area is 197 Å². The van der Waals surface area contributed by atoms with Crippen molar-refractivity contribution in [2.75, 3.05) is 18.5 Å². The van der Waals surface area contributed by atoms with E-state index in [9.17, 15) is 9.59 Å². The third kappa shape index (κ3) is 6.46. The summed E-state index contributed by atoms with van der Waals surface area (Å²) >= 11 is 0. The molecule has 178 valence electrons. The third-order valence-corrected chi connectivity index (χ3v) is 4.96. The maximum Gasteiger partial charge on any atom is 0.511 e. The number of anilines is 1. The van der Waals surface area contributed by atoms with Crippen LogP contribution >= 0.6 is 0 Å². The number of rotatable bonds is 10. The molecule has 1 amide bonds. The Kier molecular flexibility index (Phi) is 8.43. The van der Waals surface area contributed by atoms with Gasteiger partial charge in [-0.15, -0.1) is 0 Å². The molecule has 0 aromatic heterocycles. The highest BCUT2D eigenvalue weighted by molar-refractivity contribution is 5.99. The maximum absolute atomic E-state index is 12.7. The van der Waals surface area contributed by atoms with E-state index >= 15 is 0 Å². The Morgan fingerprint density at radius 2 is 1.94 bits per heavy atom. The molecule has 34 heavy (non-hydrogen) atoms. The third-order valence-electron chi connectivity index (χ3n) is 4.96. The van der Waals surface area contributed by atoms with Crippen molar-refractivity contribution in [3.63, 3.8) is 0 Å². The lowest BCUT2D eigenvalue weighted by Gasteiger charge is -2.27. The molecule has 1 unspecified atom stereocenters. The first-order chi connectivity index (χ1) is 16.5. The van der Waals surface area contributed by atoms with Gasteiger partial charge in [0, 0.05) is 5.69 Å². The molecule has 2 aromatic carbocycles. The average Bonchev–Trinajstić information content (AvgIpc) is 3.26. The molecule has 0 fully saturated rings. The molecule has 0 radical (unpaired) electrons. The van der Waals surface area contributed by atoms with Crippen LogP contribution in [0.5, 0.6) is 0 Å². The van der Waals surface area contributed by atoms with Crippen LogP contribution in [-0.4, -0.2) is 36.7 Å². The highest BCUT2D eigenvalue weighted by Crippen LogP contribution is 2.28. The van der Waals surface area contributed by atoms with Gasteiger partial charge in [-0.3, -0.25) is 9.63 Å². The van der Waals surface area contributed by atoms with Gasteiger partial charge >= 0.3 is 11.9 Å². The largest absolute Gasteiger partial charge is 0.511 e. The van der Waals surface area contributed by atoms with Gasteiger partial charge in [-0.25, -0.2) is 10.3 Å². The van der Waals surface area contributed by atoms with Gasteiger partial charge < -0.3 is 19.6 Å². The zero-order valence-corrected chi connectivity index (χ0v) is 19.0. The van der Waals surface area contributed by atoms with Gasteiger partial charge in [0.25, 0.3) is 5.91 Å². The Morgan fingerprint density at radius 3 is 2.62 bits per heavy atom. The quantitative estimate of drug-likeness (QED) is 0.398. The lowest BCUT2D eigenvalue weighted by molar-refractivity contribution is -0.187. The number of carbonyl (C=O) groups excluding carboxylic acids is 2. The van der Waals surface area contributed by atoms with Crippen molar-refractivity contribution in [1.82, 2.24) is 5.48 Å². The van der Waals surface area contributed by atoms with E-state index < -0.39 is 17.8 Å². The predicted molar refractivity (Wildman–Crippen MR) is 123 cm³/mol. The summed E-state index contributed by atoms with van der Waals surface area (Å²) in [7, 11) is 0. The van der Waals surface area contributed by atoms with E-state index in [0.29, 0.717) is 23.2 Å². The van der Waals surface area contributed by atoms with Crippen molar-refractivity contribution in [2.24, 2.45) is 5.16 Å². The fourth-order valence-corrected chi connectivity index (χ4v) is 3.18. The van der Waals surface area contributed by atoms with Gasteiger partial charge in [0.15, 0.2) is 0 Å². The van der Waals surface area contributed by atoms with E-state index in [1.165, 1.54) is 0 Å². The molecule has 2 aromatic rings. The Morgan fingerprint density at radius 1 is 1.18 bits per heavy atom. The number of amides is 1. The summed E-state index contributed by atoms with van der Waals surface area (Å²) in [6, 6.07) is 15.7. The lowest BCUT2D eigenvalue weighted by atomic mass is 10.1. The molecule has 0 saturated heterocycles. The molecule has 10 heteroatoms. The van der Waals surface area contributed by atoms with E-state index in [1.54, 1.807) is 55.5 Å². The SMILES string of the molecule is CCOC(=O)OC1(CNc2ccccc2C(=O)NOCc2ccc(C#N)cc2)CC(CC)=NO1. The summed E-state index contributed by atoms with van der Waals surface area (Å²) in [4.78, 5) is 35.5. The van der Waals surface area contributed by atoms with Crippen molar-refractivity contribution in [3.05, 3.63) is 65.2 Å². The summed E-state index contributed by atoms with van der Waals surface area (Å²) < 4.78 is 10.3. The normalized spacial score (nSPS) is 16.6. The standard InChI is InChI=1S/C24H26N4O6/c1-3-19-13-24(34-27-19,33-23(30)31-4-2)16-26-21-8-6-5-7-20(21)22(29)28-32-15-18-11-9-17(14-25)10-12-18/h5-12,26H,3-4,13,15-16H2,1-2H3,(H,28,29). The molecule has 0 aliphatic carbocycles. The van der Waals surface area contributed by atoms with Crippen molar-refractivity contribution >= 4 is 23.5 Å². The van der Waals surface area contributed by atoms with E-state index in [0.717, 1.165) is 11.3 Å². The van der Waals surface area contributed by atoms with Crippen LogP contribution in [0.15, 0.2) is 53.7 Å². The fraction of sp³-hybridized carbons (Fsp3) is 0.333. The Hall–Kier alpha value is -4.10. The minimum atomic E-state index is -1.38. The van der Waals surface area contributed by atoms with Gasteiger partial charge in [0.05, 0.1) is 49.1 Å². The van der Waals surface area contributed by atoms with Gasteiger partial charge in [-0.2, -0.15) is 5.26 Å². The van der Waals surface area contributed by atoms with E-state index in [1.807, 2.05) is 13.0 Å². The summed E-state index contributed by atoms with van der Waals surface area (Å²) in [6.07, 6.45) is 0.0556. The predicted octanol–water partition coefficient (Wildman–Crippen LogP) is 3.89. The van der Waals surface area contributed by atoms with Crippen LogP contribution in [0.4, 0.5) is 10.5 Å². The summed E-state index contributed by atoms with van der Waals surface area (Å²) in [5.41, 5.74) is 5.31. The van der Waals surface area contributed by atoms with Crippen LogP contribution in [-0.2, 0) is 25.8 Å². The number of hydroxylamine groups is 1. The second kappa shape index (κ2) is 11.7. The zero-order chi connectivity index (χ0) is 24.4. The minimum Gasteiger partial charge on any atom is -0.434 e. The smallest absolute Gasteiger partial charge is 0.434 e. The van der Waals surface area contributed by atoms with Crippen LogP contribution in [0.3, 0.4) is 0 Å². The number of ether oxygens (including phenoxy) is 2. The van der Waals surface area contributed by atoms with Crippen LogP contribution in [0.25, 0.3) is 0 Å². The van der Waals surface area contributed by atoms with Crippen molar-refractivity contribution in [2.45, 2.75) is 39.1 Å². The average molecular weight is 466 g/mol. The first-order valence-electron chi connectivity index (χ1n) is 10.8. The van der Waals surface area contributed by atoms with Gasteiger partial charge in [-0.05, 0) is 43.2 Å². The number of benzene rings is 2. The first-order valence-corrected chi connectivity index (χ1v) is 10.8. The summed E-state index contributed by atoms with van der Waals surface area (Å²) in [5, 5.41) is 16.0. The van der Waals surface area contributed by atoms with Gasteiger partial charge in [0.1, 0.15) is 0 Å². The first kappa shape index (κ1) is 24.5. The zero-order valence-electron chi connectivity index (χ0n) is 19.0. The van der Waals surface area contributed by atoms with Gasteiger partial charge in [-0.1, -0.05) is 36.3 Å². The number of nitrogens with one attached hydrogen (secondary N) is 2. The molecule has 0 saturated carbocycles. The van der Waals surface area contributed by atoms with E-state index in [4.69, 9.17) is 24.4 Å². The number of oxime groups is 1. The van der Waals surface area contributed by atoms with Crippen LogP contribution in [0.1, 0.15) is 48.2 Å². The Bertz CT molecular complexity index is 1080. The molecular formula is C24H26N4O6. The van der Waals surface area contributed by atoms with Crippen molar-refractivity contribution in [1.29, 1.82) is 5.26 Å². The van der Waals surface area contributed by atoms with Crippen LogP contribution in [0, 0.1) is 11.3 Å². The van der Waals surface area contributed by atoms with E-state index in [2.05, 4.69) is 16.0 Å². The van der Waals surface area contributed by atoms with Crippen LogP contribution < -0.4 is 10.8 Å². The summed E-state index contributed by atoms with van der Waals surface area (Å²) in [6.45, 7) is 3.93. The number of para-hydroxylation sites is 1. The number of carbonyl (C=O) groups is 2. The number of nitrogens with zero attached hydrogens (tertiary/aromatic N) is 2. The Balaban J connectivity index is 1.62. The molecule has 0 spiro atoms. The second-order valence-corrected chi connectivity index (χ2v) is 7.40. The molecule has 0 bridgehead atoms. The van der Waals surface area contributed by atoms with Crippen LogP contribution in [0.2, 0.25) is 0 Å². The molecule has 2 N–H and O–H groups in total. The molecular weight excluding hydrogens is 440 g/mol. The molecule has 1 aliphatic heterocycles. The molecule has 10 nitrogen and oxygen atoms in total. The van der Waals surface area contributed by atoms with Gasteiger partial charge in [0.2, 0.25) is 0 Å². The minimum absolute atomic E-state index is 0.0369. The molecule has 1 aliphatic rings. The van der Waals surface area contributed by atoms with E-state index in [-0.39, 0.29) is 26.2 Å². The highest BCUT2D eigenvalue weighted by atomic mass is 16.8. The fourth-order valence-electron chi connectivity index (χ4n) is 3.18. The topological polar surface area (TPSA) is 131 Å².